The van der Waals surface area contributed by atoms with Crippen LogP contribution in [-0.2, 0) is 30.4 Å². The van der Waals surface area contributed by atoms with Gasteiger partial charge in [0.15, 0.2) is 11.5 Å². The Kier molecular flexibility index (Phi) is 8.31. The average molecular weight is 582 g/mol. The highest BCUT2D eigenvalue weighted by atomic mass is 16.7. The van der Waals surface area contributed by atoms with E-state index < -0.39 is 17.8 Å². The molecular weight excluding hydrogens is 546 g/mol. The van der Waals surface area contributed by atoms with E-state index in [1.807, 2.05) is 19.1 Å². The SMILES string of the molecule is C=C(C)C1Cc2c(ccc3c2OC2COc4cc(OC)c(OC)cc4C2C3C)O1.COCC(=O)ON1C(=O)CCC1=O. The van der Waals surface area contributed by atoms with E-state index in [2.05, 4.69) is 35.2 Å². The fourth-order valence-electron chi connectivity index (χ4n) is 5.77. The van der Waals surface area contributed by atoms with Crippen molar-refractivity contribution in [2.24, 2.45) is 0 Å². The third kappa shape index (κ3) is 5.36. The number of benzene rings is 2. The Morgan fingerprint density at radius 1 is 1.00 bits per heavy atom. The zero-order valence-electron chi connectivity index (χ0n) is 24.4. The minimum Gasteiger partial charge on any atom is -0.493 e. The molecule has 0 spiro atoms. The minimum absolute atomic E-state index is 0.0215. The van der Waals surface area contributed by atoms with Crippen LogP contribution in [0.25, 0.3) is 0 Å². The molecule has 1 saturated heterocycles. The molecule has 0 aliphatic carbocycles. The predicted molar refractivity (Wildman–Crippen MR) is 149 cm³/mol. The maximum absolute atomic E-state index is 10.9. The van der Waals surface area contributed by atoms with Crippen molar-refractivity contribution in [2.45, 2.75) is 57.2 Å². The Morgan fingerprint density at radius 3 is 2.33 bits per heavy atom. The van der Waals surface area contributed by atoms with E-state index in [4.69, 9.17) is 23.7 Å². The van der Waals surface area contributed by atoms with E-state index in [-0.39, 0.29) is 43.5 Å². The number of methoxy groups -OCH3 is 3. The molecule has 11 nitrogen and oxygen atoms in total. The molecule has 4 aliphatic heterocycles. The lowest BCUT2D eigenvalue weighted by atomic mass is 9.75. The molecule has 42 heavy (non-hydrogen) atoms. The molecule has 4 heterocycles. The fourth-order valence-corrected chi connectivity index (χ4v) is 5.77. The lowest BCUT2D eigenvalue weighted by Gasteiger charge is -2.42. The van der Waals surface area contributed by atoms with E-state index in [1.165, 1.54) is 12.7 Å². The molecule has 0 bridgehead atoms. The number of amides is 2. The topological polar surface area (TPSA) is 119 Å². The predicted octanol–water partition coefficient (Wildman–Crippen LogP) is 3.86. The quantitative estimate of drug-likeness (QED) is 0.367. The van der Waals surface area contributed by atoms with E-state index in [1.54, 1.807) is 14.2 Å². The normalized spacial score (nSPS) is 23.0. The first-order chi connectivity index (χ1) is 20.2. The van der Waals surface area contributed by atoms with Crippen LogP contribution in [0.15, 0.2) is 36.4 Å². The van der Waals surface area contributed by atoms with Gasteiger partial charge >= 0.3 is 5.97 Å². The van der Waals surface area contributed by atoms with Gasteiger partial charge in [-0.15, -0.1) is 5.06 Å². The zero-order valence-corrected chi connectivity index (χ0v) is 24.4. The van der Waals surface area contributed by atoms with Crippen LogP contribution in [0.5, 0.6) is 28.7 Å². The highest BCUT2D eigenvalue weighted by molar-refractivity contribution is 6.01. The van der Waals surface area contributed by atoms with Gasteiger partial charge < -0.3 is 33.3 Å². The Balaban J connectivity index is 0.000000229. The number of fused-ring (bicyclic) bond motifs is 6. The van der Waals surface area contributed by atoms with Crippen LogP contribution in [0.4, 0.5) is 0 Å². The largest absolute Gasteiger partial charge is 0.493 e. The van der Waals surface area contributed by atoms with Gasteiger partial charge in [-0.3, -0.25) is 9.59 Å². The average Bonchev–Trinajstić information content (AvgIpc) is 3.56. The summed E-state index contributed by atoms with van der Waals surface area (Å²) < 4.78 is 34.1. The smallest absolute Gasteiger partial charge is 0.358 e. The van der Waals surface area contributed by atoms with Crippen LogP contribution in [0.1, 0.15) is 55.2 Å². The third-order valence-corrected chi connectivity index (χ3v) is 7.89. The Labute approximate surface area is 244 Å². The maximum Gasteiger partial charge on any atom is 0.358 e. The van der Waals surface area contributed by atoms with Crippen LogP contribution in [0.2, 0.25) is 0 Å². The van der Waals surface area contributed by atoms with E-state index >= 15 is 0 Å². The first kappa shape index (κ1) is 29.2. The van der Waals surface area contributed by atoms with Gasteiger partial charge in [-0.05, 0) is 36.1 Å². The van der Waals surface area contributed by atoms with Crippen molar-refractivity contribution in [1.29, 1.82) is 0 Å². The van der Waals surface area contributed by atoms with Gasteiger partial charge in [0.05, 0.1) is 14.2 Å². The summed E-state index contributed by atoms with van der Waals surface area (Å²) in [5.41, 5.74) is 4.51. The number of hydroxylamine groups is 2. The van der Waals surface area contributed by atoms with Gasteiger partial charge in [0.25, 0.3) is 11.8 Å². The summed E-state index contributed by atoms with van der Waals surface area (Å²) in [6.07, 6.45) is 0.963. The molecule has 0 aromatic heterocycles. The number of rotatable bonds is 6. The molecule has 2 aromatic rings. The summed E-state index contributed by atoms with van der Waals surface area (Å²) in [6.45, 7) is 8.56. The summed E-state index contributed by atoms with van der Waals surface area (Å²) in [7, 11) is 4.61. The highest BCUT2D eigenvalue weighted by Crippen LogP contribution is 2.54. The van der Waals surface area contributed by atoms with Crippen molar-refractivity contribution in [3.05, 3.63) is 53.1 Å². The minimum atomic E-state index is -0.758. The molecule has 0 N–H and O–H groups in total. The van der Waals surface area contributed by atoms with Gasteiger partial charge in [-0.1, -0.05) is 19.6 Å². The van der Waals surface area contributed by atoms with Crippen LogP contribution < -0.4 is 23.7 Å². The number of imide groups is 1. The van der Waals surface area contributed by atoms with Crippen LogP contribution in [0, 0.1) is 0 Å². The van der Waals surface area contributed by atoms with Crippen LogP contribution in [0.3, 0.4) is 0 Å². The van der Waals surface area contributed by atoms with E-state index in [0.717, 1.165) is 40.4 Å². The standard InChI is InChI=1S/C24H26O5.C7H9NO5/c1-12(2)18-9-16-17(28-18)7-6-14-13(3)23-15-8-20(25-4)21(26-5)10-19(15)27-11-22(23)29-24(14)16;1-12-4-7(11)13-8-5(9)2-3-6(8)10/h6-8,10,13,18,22-23H,1,9,11H2,2-5H3;2-4H2,1H3. The maximum atomic E-state index is 10.9. The molecule has 4 atom stereocenters. The molecular formula is C31H35NO10. The molecule has 6 rings (SSSR count). The monoisotopic (exact) mass is 581 g/mol. The van der Waals surface area contributed by atoms with Gasteiger partial charge in [0.2, 0.25) is 0 Å². The van der Waals surface area contributed by atoms with E-state index in [9.17, 15) is 14.4 Å². The summed E-state index contributed by atoms with van der Waals surface area (Å²) in [5.74, 6) is 2.82. The van der Waals surface area contributed by atoms with Crippen molar-refractivity contribution in [1.82, 2.24) is 5.06 Å². The summed E-state index contributed by atoms with van der Waals surface area (Å²) in [4.78, 5) is 37.1. The number of carbonyl (C=O) groups excluding carboxylic acids is 3. The van der Waals surface area contributed by atoms with Crippen molar-refractivity contribution < 1.29 is 47.6 Å². The van der Waals surface area contributed by atoms with Gasteiger partial charge in [-0.2, -0.15) is 0 Å². The molecule has 4 aliphatic rings. The second-order valence-corrected chi connectivity index (χ2v) is 10.6. The number of nitrogens with zero attached hydrogens (tertiary/aromatic N) is 1. The molecule has 11 heteroatoms. The number of hydrogen-bond acceptors (Lipinski definition) is 10. The Hall–Kier alpha value is -4.25. The summed E-state index contributed by atoms with van der Waals surface area (Å²) >= 11 is 0. The first-order valence-corrected chi connectivity index (χ1v) is 13.8. The molecule has 2 amide bonds. The molecule has 0 radical (unpaired) electrons. The van der Waals surface area contributed by atoms with E-state index in [0.29, 0.717) is 23.2 Å². The van der Waals surface area contributed by atoms with Gasteiger partial charge in [0, 0.05) is 49.5 Å². The molecule has 2 aromatic carbocycles. The Morgan fingerprint density at radius 2 is 1.69 bits per heavy atom. The van der Waals surface area contributed by atoms with Crippen molar-refractivity contribution >= 4 is 17.8 Å². The number of hydrogen-bond donors (Lipinski definition) is 0. The number of carbonyl (C=O) groups is 3. The second-order valence-electron chi connectivity index (χ2n) is 10.6. The highest BCUT2D eigenvalue weighted by Gasteiger charge is 2.44. The van der Waals surface area contributed by atoms with Crippen molar-refractivity contribution in [3.63, 3.8) is 0 Å². The van der Waals surface area contributed by atoms with Gasteiger partial charge in [0.1, 0.15) is 42.7 Å². The summed E-state index contributed by atoms with van der Waals surface area (Å²) in [6, 6.07) is 8.17. The fraction of sp³-hybridized carbons (Fsp3) is 0.452. The van der Waals surface area contributed by atoms with Crippen LogP contribution in [-0.4, -0.2) is 69.6 Å². The van der Waals surface area contributed by atoms with Crippen molar-refractivity contribution in [2.75, 3.05) is 34.5 Å². The lowest BCUT2D eigenvalue weighted by molar-refractivity contribution is -0.199. The van der Waals surface area contributed by atoms with Crippen molar-refractivity contribution in [3.8, 4) is 28.7 Å². The summed E-state index contributed by atoms with van der Waals surface area (Å²) in [5, 5.41) is 0.487. The third-order valence-electron chi connectivity index (χ3n) is 7.89. The molecule has 224 valence electrons. The number of ether oxygens (including phenoxy) is 6. The van der Waals surface area contributed by atoms with Gasteiger partial charge in [-0.25, -0.2) is 4.79 Å². The Bertz CT molecular complexity index is 1400. The first-order valence-electron chi connectivity index (χ1n) is 13.8. The molecule has 1 fully saturated rings. The lowest BCUT2D eigenvalue weighted by Crippen LogP contribution is -2.41. The zero-order chi connectivity index (χ0) is 30.1. The molecule has 0 saturated carbocycles. The van der Waals surface area contributed by atoms with Crippen LogP contribution >= 0.6 is 0 Å². The second kappa shape index (κ2) is 11.9. The molecule has 4 unspecified atom stereocenters.